The Hall–Kier alpha value is -3.88. The second kappa shape index (κ2) is 10.4. The van der Waals surface area contributed by atoms with Crippen LogP contribution >= 0.6 is 0 Å². The van der Waals surface area contributed by atoms with Crippen molar-refractivity contribution in [2.75, 3.05) is 13.7 Å². The number of carbonyl (C=O) groups is 2. The van der Waals surface area contributed by atoms with Crippen molar-refractivity contribution in [3.05, 3.63) is 70.8 Å². The molecule has 8 nitrogen and oxygen atoms in total. The zero-order valence-corrected chi connectivity index (χ0v) is 19.2. The first-order valence-corrected chi connectivity index (χ1v) is 11.3. The molecule has 1 aromatic heterocycles. The van der Waals surface area contributed by atoms with E-state index in [0.717, 1.165) is 36.9 Å². The molecule has 178 valence electrons. The predicted molar refractivity (Wildman–Crippen MR) is 124 cm³/mol. The molecule has 1 heterocycles. The summed E-state index contributed by atoms with van der Waals surface area (Å²) in [7, 11) is 1.49. The predicted octanol–water partition coefficient (Wildman–Crippen LogP) is 3.76. The molecule has 0 unspecified atom stereocenters. The minimum atomic E-state index is -0.509. The van der Waals surface area contributed by atoms with Crippen LogP contribution in [0.3, 0.4) is 0 Å². The molecule has 9 heteroatoms. The van der Waals surface area contributed by atoms with Crippen molar-refractivity contribution in [1.29, 1.82) is 0 Å². The monoisotopic (exact) mass is 466 g/mol. The summed E-state index contributed by atoms with van der Waals surface area (Å²) in [5.41, 5.74) is 7.96. The molecular formula is C25H27FN4O4. The minimum absolute atomic E-state index is 0.255. The fourth-order valence-electron chi connectivity index (χ4n) is 4.08. The van der Waals surface area contributed by atoms with Crippen LogP contribution in [0.2, 0.25) is 0 Å². The van der Waals surface area contributed by atoms with Gasteiger partial charge in [0.1, 0.15) is 5.82 Å². The van der Waals surface area contributed by atoms with Crippen LogP contribution < -0.4 is 20.3 Å². The number of hydrazine groups is 1. The molecule has 1 aliphatic rings. The van der Waals surface area contributed by atoms with Gasteiger partial charge in [-0.15, -0.1) is 0 Å². The lowest BCUT2D eigenvalue weighted by atomic mass is 10.1. The highest BCUT2D eigenvalue weighted by atomic mass is 19.1. The van der Waals surface area contributed by atoms with Crippen LogP contribution in [0.5, 0.6) is 11.5 Å². The van der Waals surface area contributed by atoms with Crippen molar-refractivity contribution in [2.45, 2.75) is 39.0 Å². The lowest BCUT2D eigenvalue weighted by Gasteiger charge is -2.11. The van der Waals surface area contributed by atoms with E-state index in [1.807, 2.05) is 6.92 Å². The van der Waals surface area contributed by atoms with Gasteiger partial charge in [0.25, 0.3) is 11.8 Å². The van der Waals surface area contributed by atoms with Crippen LogP contribution in [0.15, 0.2) is 42.5 Å². The largest absolute Gasteiger partial charge is 0.493 e. The van der Waals surface area contributed by atoms with Crippen molar-refractivity contribution in [3.8, 4) is 17.2 Å². The topological polar surface area (TPSA) is 94.5 Å². The Labute approximate surface area is 197 Å². The fourth-order valence-corrected chi connectivity index (χ4v) is 4.08. The molecule has 2 amide bonds. The summed E-state index contributed by atoms with van der Waals surface area (Å²) in [5.74, 6) is -0.401. The number of aromatic nitrogens is 2. The molecular weight excluding hydrogens is 439 g/mol. The van der Waals surface area contributed by atoms with Crippen LogP contribution in [0.1, 0.15) is 58.3 Å². The number of carbonyl (C=O) groups excluding carboxylic acids is 2. The van der Waals surface area contributed by atoms with Crippen molar-refractivity contribution < 1.29 is 23.5 Å². The van der Waals surface area contributed by atoms with Crippen molar-refractivity contribution in [2.24, 2.45) is 0 Å². The Morgan fingerprint density at radius 3 is 2.47 bits per heavy atom. The number of ether oxygens (including phenoxy) is 2. The molecule has 0 fully saturated rings. The first kappa shape index (κ1) is 23.3. The number of fused-ring (bicyclic) bond motifs is 1. The fraction of sp³-hybridized carbons (Fsp3) is 0.320. The van der Waals surface area contributed by atoms with E-state index < -0.39 is 11.8 Å². The summed E-state index contributed by atoms with van der Waals surface area (Å²) in [6.07, 6.45) is 4.46. The number of nitrogens with zero attached hydrogens (tertiary/aromatic N) is 2. The normalized spacial score (nSPS) is 12.9. The SMILES string of the molecule is CCOc1ccc(C(=O)NNC(=O)c2nn(-c3ccc(F)cc3)c3c2CCCCC3)cc1OC. The minimum Gasteiger partial charge on any atom is -0.493 e. The van der Waals surface area contributed by atoms with Crippen LogP contribution in [0.4, 0.5) is 4.39 Å². The smallest absolute Gasteiger partial charge is 0.290 e. The van der Waals surface area contributed by atoms with Crippen molar-refractivity contribution >= 4 is 11.8 Å². The Balaban J connectivity index is 1.54. The maximum atomic E-state index is 13.4. The van der Waals surface area contributed by atoms with Gasteiger partial charge in [0, 0.05) is 16.8 Å². The zero-order valence-electron chi connectivity index (χ0n) is 19.2. The van der Waals surface area contributed by atoms with E-state index in [0.29, 0.717) is 35.8 Å². The number of hydrogen-bond donors (Lipinski definition) is 2. The standard InChI is InChI=1S/C25H27FN4O4/c1-3-34-21-14-9-16(15-22(21)33-2)24(31)27-28-25(32)23-19-7-5-4-6-8-20(19)30(29-23)18-12-10-17(26)11-13-18/h9-15H,3-8H2,1-2H3,(H,27,31)(H,28,32). The highest BCUT2D eigenvalue weighted by Crippen LogP contribution is 2.28. The Bertz CT molecular complexity index is 1190. The molecule has 0 radical (unpaired) electrons. The van der Waals surface area contributed by atoms with Crippen LogP contribution in [-0.2, 0) is 12.8 Å². The van der Waals surface area contributed by atoms with E-state index in [9.17, 15) is 14.0 Å². The van der Waals surface area contributed by atoms with Gasteiger partial charge in [0.05, 0.1) is 19.4 Å². The average molecular weight is 467 g/mol. The summed E-state index contributed by atoms with van der Waals surface area (Å²) >= 11 is 0. The Morgan fingerprint density at radius 1 is 1.00 bits per heavy atom. The molecule has 0 bridgehead atoms. The highest BCUT2D eigenvalue weighted by Gasteiger charge is 2.25. The summed E-state index contributed by atoms with van der Waals surface area (Å²) in [4.78, 5) is 25.7. The Kier molecular flexibility index (Phi) is 7.10. The van der Waals surface area contributed by atoms with Gasteiger partial charge in [-0.1, -0.05) is 6.42 Å². The van der Waals surface area contributed by atoms with E-state index in [1.54, 1.807) is 35.0 Å². The molecule has 34 heavy (non-hydrogen) atoms. The van der Waals surface area contributed by atoms with Gasteiger partial charge in [-0.05, 0) is 75.1 Å². The molecule has 0 aliphatic heterocycles. The lowest BCUT2D eigenvalue weighted by molar-refractivity contribution is 0.0843. The van der Waals surface area contributed by atoms with E-state index >= 15 is 0 Å². The summed E-state index contributed by atoms with van der Waals surface area (Å²) in [6, 6.07) is 10.8. The average Bonchev–Trinajstić information content (AvgIpc) is 3.04. The second-order valence-corrected chi connectivity index (χ2v) is 7.93. The maximum Gasteiger partial charge on any atom is 0.290 e. The van der Waals surface area contributed by atoms with Gasteiger partial charge in [-0.3, -0.25) is 20.4 Å². The van der Waals surface area contributed by atoms with E-state index in [1.165, 1.54) is 19.2 Å². The first-order valence-electron chi connectivity index (χ1n) is 11.3. The molecule has 2 aromatic carbocycles. The van der Waals surface area contributed by atoms with Gasteiger partial charge in [-0.2, -0.15) is 5.10 Å². The number of halogens is 1. The summed E-state index contributed by atoms with van der Waals surface area (Å²) in [6.45, 7) is 2.32. The van der Waals surface area contributed by atoms with E-state index in [2.05, 4.69) is 16.0 Å². The van der Waals surface area contributed by atoms with Gasteiger partial charge in [0.2, 0.25) is 0 Å². The van der Waals surface area contributed by atoms with Crippen molar-refractivity contribution in [1.82, 2.24) is 20.6 Å². The quantitative estimate of drug-likeness (QED) is 0.426. The van der Waals surface area contributed by atoms with Crippen molar-refractivity contribution in [3.63, 3.8) is 0 Å². The first-order chi connectivity index (χ1) is 16.5. The third-order valence-corrected chi connectivity index (χ3v) is 5.73. The zero-order chi connectivity index (χ0) is 24.1. The van der Waals surface area contributed by atoms with Gasteiger partial charge in [-0.25, -0.2) is 9.07 Å². The molecule has 1 aliphatic carbocycles. The molecule has 3 aromatic rings. The maximum absolute atomic E-state index is 13.4. The van der Waals surface area contributed by atoms with Gasteiger partial charge >= 0.3 is 0 Å². The highest BCUT2D eigenvalue weighted by molar-refractivity contribution is 5.99. The number of rotatable bonds is 6. The van der Waals surface area contributed by atoms with E-state index in [-0.39, 0.29) is 11.5 Å². The van der Waals surface area contributed by atoms with Crippen LogP contribution in [0.25, 0.3) is 5.69 Å². The molecule has 2 N–H and O–H groups in total. The number of amides is 2. The number of benzene rings is 2. The molecule has 4 rings (SSSR count). The number of hydrogen-bond acceptors (Lipinski definition) is 5. The summed E-state index contributed by atoms with van der Waals surface area (Å²) < 4.78 is 25.9. The lowest BCUT2D eigenvalue weighted by Crippen LogP contribution is -2.42. The third kappa shape index (κ3) is 4.88. The number of methoxy groups -OCH3 is 1. The third-order valence-electron chi connectivity index (χ3n) is 5.73. The molecule has 0 spiro atoms. The van der Waals surface area contributed by atoms with Gasteiger partial charge in [0.15, 0.2) is 17.2 Å². The molecule has 0 atom stereocenters. The molecule has 0 saturated heterocycles. The van der Waals surface area contributed by atoms with Crippen LogP contribution in [-0.4, -0.2) is 35.3 Å². The summed E-state index contributed by atoms with van der Waals surface area (Å²) in [5, 5.41) is 4.54. The molecule has 0 saturated carbocycles. The van der Waals surface area contributed by atoms with E-state index in [4.69, 9.17) is 9.47 Å². The second-order valence-electron chi connectivity index (χ2n) is 7.93. The van der Waals surface area contributed by atoms with Gasteiger partial charge < -0.3 is 9.47 Å². The number of nitrogens with one attached hydrogen (secondary N) is 2. The Morgan fingerprint density at radius 2 is 1.74 bits per heavy atom. The van der Waals surface area contributed by atoms with Crippen LogP contribution in [0, 0.1) is 5.82 Å².